The van der Waals surface area contributed by atoms with Gasteiger partial charge in [-0.05, 0) is 77.0 Å². The second-order valence-electron chi connectivity index (χ2n) is 30.1. The fourth-order valence-electron chi connectivity index (χ4n) is 13.6. The maximum absolute atomic E-state index is 12.8. The Morgan fingerprint density at radius 1 is 0.303 bits per heavy atom. The molecular weight excluding hydrogens is 1240 g/mol. The monoisotopic (exact) mass is 1410 g/mol. The molecule has 0 aromatic rings. The van der Waals surface area contributed by atoms with Gasteiger partial charge in [-0.15, -0.1) is 0 Å². The molecule has 0 aliphatic heterocycles. The molecular formula is C89H170NO8P. The summed E-state index contributed by atoms with van der Waals surface area (Å²) >= 11 is 0. The largest absolute Gasteiger partial charge is 0.472 e. The van der Waals surface area contributed by atoms with E-state index < -0.39 is 26.5 Å². The Hall–Kier alpha value is -2.03. The van der Waals surface area contributed by atoms with E-state index in [2.05, 4.69) is 62.5 Å². The van der Waals surface area contributed by atoms with E-state index in [9.17, 15) is 19.0 Å². The lowest BCUT2D eigenvalue weighted by Crippen LogP contribution is -2.29. The standard InChI is InChI=1S/C89H170NO8P/c1-3-5-7-9-11-13-15-17-19-21-23-25-27-29-31-33-35-37-39-41-42-43-44-46-48-50-52-54-56-58-60-62-64-66-68-70-72-74-76-78-80-82-89(92)98-87(86-97-99(93,94)96-84-83-90)85-95-88(91)81-79-77-75-73-71-69-67-65-63-61-59-57-55-53-51-49-47-45-40-38-36-34-32-30-28-26-24-22-20-18-16-14-12-10-8-6-4-2/h15-18,21-24,87H,3-14,19-20,25-86,90H2,1-2H3,(H,93,94)/b17-15-,18-16-,23-21-,24-22-. The SMILES string of the molecule is CCCCCCC/C=C\C/C=C\CCCCCCCCCCCCCCCCCCCCCCCCCCCCCCCC(=O)OC(COC(=O)CCCCCCCCCCCCCCCCCCCCCCCCCCC/C=C\C/C=C\CCCCCCC)COP(=O)(O)OCCN. The third-order valence-corrected chi connectivity index (χ3v) is 21.2. The zero-order valence-electron chi connectivity index (χ0n) is 66.3. The molecule has 0 fully saturated rings. The van der Waals surface area contributed by atoms with Crippen molar-refractivity contribution in [2.75, 3.05) is 26.4 Å². The molecule has 0 amide bonds. The summed E-state index contributed by atoms with van der Waals surface area (Å²) in [6.07, 6.45) is 112. The van der Waals surface area contributed by atoms with Crippen LogP contribution in [0.3, 0.4) is 0 Å². The number of hydrogen-bond acceptors (Lipinski definition) is 8. The molecule has 3 N–H and O–H groups in total. The summed E-state index contributed by atoms with van der Waals surface area (Å²) in [6.45, 7) is 3.81. The molecule has 0 aliphatic rings. The maximum atomic E-state index is 12.8. The minimum absolute atomic E-state index is 0.0567. The summed E-state index contributed by atoms with van der Waals surface area (Å²) < 4.78 is 33.3. The van der Waals surface area contributed by atoms with Gasteiger partial charge in [0.1, 0.15) is 6.61 Å². The van der Waals surface area contributed by atoms with Crippen LogP contribution in [0.25, 0.3) is 0 Å². The van der Waals surface area contributed by atoms with Gasteiger partial charge in [0.25, 0.3) is 0 Å². The van der Waals surface area contributed by atoms with E-state index in [1.54, 1.807) is 0 Å². The molecule has 0 aromatic heterocycles. The zero-order valence-corrected chi connectivity index (χ0v) is 67.2. The first kappa shape index (κ1) is 97.0. The quantitative estimate of drug-likeness (QED) is 0.0264. The van der Waals surface area contributed by atoms with Gasteiger partial charge in [-0.25, -0.2) is 4.57 Å². The van der Waals surface area contributed by atoms with Gasteiger partial charge in [-0.1, -0.05) is 435 Å². The van der Waals surface area contributed by atoms with Crippen LogP contribution in [0.5, 0.6) is 0 Å². The predicted octanol–water partition coefficient (Wildman–Crippen LogP) is 29.9. The highest BCUT2D eigenvalue weighted by molar-refractivity contribution is 7.47. The molecule has 0 radical (unpaired) electrons. The number of unbranched alkanes of at least 4 members (excludes halogenated alkanes) is 64. The third kappa shape index (κ3) is 84.8. The van der Waals surface area contributed by atoms with Crippen LogP contribution in [0.1, 0.15) is 476 Å². The van der Waals surface area contributed by atoms with E-state index in [-0.39, 0.29) is 38.6 Å². The van der Waals surface area contributed by atoms with Gasteiger partial charge in [0.2, 0.25) is 0 Å². The minimum Gasteiger partial charge on any atom is -0.462 e. The van der Waals surface area contributed by atoms with Crippen molar-refractivity contribution in [1.82, 2.24) is 0 Å². The predicted molar refractivity (Wildman–Crippen MR) is 432 cm³/mol. The van der Waals surface area contributed by atoms with Crippen molar-refractivity contribution in [2.45, 2.75) is 482 Å². The van der Waals surface area contributed by atoms with Crippen LogP contribution in [0, 0.1) is 0 Å². The van der Waals surface area contributed by atoms with E-state index in [1.165, 1.54) is 398 Å². The smallest absolute Gasteiger partial charge is 0.462 e. The van der Waals surface area contributed by atoms with Crippen LogP contribution in [0.4, 0.5) is 0 Å². The highest BCUT2D eigenvalue weighted by atomic mass is 31.2. The number of hydrogen-bond donors (Lipinski definition) is 2. The molecule has 0 bridgehead atoms. The van der Waals surface area contributed by atoms with Crippen LogP contribution >= 0.6 is 7.82 Å². The number of esters is 2. The van der Waals surface area contributed by atoms with Crippen molar-refractivity contribution in [3.63, 3.8) is 0 Å². The zero-order chi connectivity index (χ0) is 71.5. The van der Waals surface area contributed by atoms with E-state index in [4.69, 9.17) is 24.3 Å². The van der Waals surface area contributed by atoms with Gasteiger partial charge in [0.15, 0.2) is 6.10 Å². The fraction of sp³-hybridized carbons (Fsp3) is 0.888. The Bertz CT molecular complexity index is 1770. The van der Waals surface area contributed by atoms with Gasteiger partial charge < -0.3 is 20.1 Å². The molecule has 0 rings (SSSR count). The van der Waals surface area contributed by atoms with Crippen LogP contribution < -0.4 is 5.73 Å². The van der Waals surface area contributed by atoms with Crippen molar-refractivity contribution in [3.8, 4) is 0 Å². The van der Waals surface area contributed by atoms with Crippen molar-refractivity contribution in [3.05, 3.63) is 48.6 Å². The Morgan fingerprint density at radius 2 is 0.525 bits per heavy atom. The molecule has 99 heavy (non-hydrogen) atoms. The number of ether oxygens (including phenoxy) is 2. The van der Waals surface area contributed by atoms with Crippen LogP contribution in [-0.4, -0.2) is 49.3 Å². The molecule has 0 saturated carbocycles. The van der Waals surface area contributed by atoms with Gasteiger partial charge in [-0.3, -0.25) is 18.6 Å². The summed E-state index contributed by atoms with van der Waals surface area (Å²) in [5.41, 5.74) is 5.42. The molecule has 0 saturated heterocycles. The molecule has 2 atom stereocenters. The van der Waals surface area contributed by atoms with Gasteiger partial charge >= 0.3 is 19.8 Å². The van der Waals surface area contributed by atoms with Crippen molar-refractivity contribution in [2.24, 2.45) is 5.73 Å². The Morgan fingerprint density at radius 3 is 0.768 bits per heavy atom. The summed E-state index contributed by atoms with van der Waals surface area (Å²) in [6, 6.07) is 0. The summed E-state index contributed by atoms with van der Waals surface area (Å²) in [5.74, 6) is -0.798. The number of allylic oxidation sites excluding steroid dienone is 8. The van der Waals surface area contributed by atoms with E-state index in [0.717, 1.165) is 44.9 Å². The lowest BCUT2D eigenvalue weighted by molar-refractivity contribution is -0.161. The Labute approximate surface area is 617 Å². The number of nitrogens with two attached hydrogens (primary N) is 1. The first-order valence-electron chi connectivity index (χ1n) is 44.1. The Balaban J connectivity index is 3.70. The summed E-state index contributed by atoms with van der Waals surface area (Å²) in [7, 11) is -4.40. The van der Waals surface area contributed by atoms with Crippen molar-refractivity contribution < 1.29 is 37.6 Å². The molecule has 2 unspecified atom stereocenters. The number of phosphoric ester groups is 1. The second kappa shape index (κ2) is 84.9. The first-order valence-corrected chi connectivity index (χ1v) is 45.6. The average molecular weight is 1410 g/mol. The lowest BCUT2D eigenvalue weighted by atomic mass is 10.0. The molecule has 9 nitrogen and oxygen atoms in total. The van der Waals surface area contributed by atoms with E-state index in [0.29, 0.717) is 6.42 Å². The van der Waals surface area contributed by atoms with E-state index >= 15 is 0 Å². The third-order valence-electron chi connectivity index (χ3n) is 20.2. The molecule has 0 spiro atoms. The van der Waals surface area contributed by atoms with Gasteiger partial charge in [0.05, 0.1) is 13.2 Å². The van der Waals surface area contributed by atoms with Crippen molar-refractivity contribution in [1.29, 1.82) is 0 Å². The average Bonchev–Trinajstić information content (AvgIpc) is 1.19. The molecule has 0 heterocycles. The van der Waals surface area contributed by atoms with E-state index in [1.807, 2.05) is 0 Å². The molecule has 0 aromatic carbocycles. The lowest BCUT2D eigenvalue weighted by Gasteiger charge is -2.19. The highest BCUT2D eigenvalue weighted by Crippen LogP contribution is 2.43. The van der Waals surface area contributed by atoms with Gasteiger partial charge in [-0.2, -0.15) is 0 Å². The molecule has 10 heteroatoms. The highest BCUT2D eigenvalue weighted by Gasteiger charge is 2.26. The molecule has 0 aliphatic carbocycles. The van der Waals surface area contributed by atoms with Crippen LogP contribution in [0.2, 0.25) is 0 Å². The van der Waals surface area contributed by atoms with Crippen molar-refractivity contribution >= 4 is 19.8 Å². The number of phosphoric acid groups is 1. The van der Waals surface area contributed by atoms with Gasteiger partial charge in [0, 0.05) is 19.4 Å². The maximum Gasteiger partial charge on any atom is 0.472 e. The number of rotatable bonds is 85. The summed E-state index contributed by atoms with van der Waals surface area (Å²) in [5, 5.41) is 0. The van der Waals surface area contributed by atoms with Crippen LogP contribution in [-0.2, 0) is 32.7 Å². The Kier molecular flexibility index (Phi) is 83.2. The van der Waals surface area contributed by atoms with Crippen LogP contribution in [0.15, 0.2) is 48.6 Å². The second-order valence-corrected chi connectivity index (χ2v) is 31.6. The topological polar surface area (TPSA) is 134 Å². The molecule has 584 valence electrons. The number of carbonyl (C=O) groups excluding carboxylic acids is 2. The fourth-order valence-corrected chi connectivity index (χ4v) is 14.4. The minimum atomic E-state index is -4.40. The first-order chi connectivity index (χ1) is 48.8. The number of carbonyl (C=O) groups is 2. The summed E-state index contributed by atoms with van der Waals surface area (Å²) in [4.78, 5) is 35.5. The normalized spacial score (nSPS) is 13.0.